The molecule has 0 aliphatic heterocycles. The maximum Gasteiger partial charge on any atom is 0.252 e. The molecule has 1 rings (SSSR count). The molecule has 0 heterocycles. The molecule has 19 heavy (non-hydrogen) atoms. The van der Waals surface area contributed by atoms with Gasteiger partial charge in [0.15, 0.2) is 0 Å². The van der Waals surface area contributed by atoms with E-state index < -0.39 is 36.1 Å². The van der Waals surface area contributed by atoms with Crippen LogP contribution in [0.4, 0.5) is 8.78 Å². The molecular formula is C10H11Cl2F2NO3S. The van der Waals surface area contributed by atoms with Crippen LogP contribution in [0.5, 0.6) is 0 Å². The van der Waals surface area contributed by atoms with E-state index in [1.54, 1.807) is 0 Å². The van der Waals surface area contributed by atoms with Gasteiger partial charge in [-0.25, -0.2) is 17.2 Å². The summed E-state index contributed by atoms with van der Waals surface area (Å²) in [4.78, 5) is -0.365. The summed E-state index contributed by atoms with van der Waals surface area (Å²) < 4.78 is 49.6. The van der Waals surface area contributed by atoms with Gasteiger partial charge in [-0.05, 0) is 18.2 Å². The highest BCUT2D eigenvalue weighted by Crippen LogP contribution is 2.27. The molecule has 0 atom stereocenters. The first-order valence-electron chi connectivity index (χ1n) is 5.13. The van der Waals surface area contributed by atoms with E-state index in [2.05, 4.69) is 0 Å². The quantitative estimate of drug-likeness (QED) is 0.868. The van der Waals surface area contributed by atoms with E-state index in [4.69, 9.17) is 28.3 Å². The normalized spacial score (nSPS) is 12.4. The number of rotatable bonds is 6. The molecule has 0 saturated carbocycles. The molecule has 1 aromatic carbocycles. The van der Waals surface area contributed by atoms with Crippen LogP contribution in [0.25, 0.3) is 0 Å². The van der Waals surface area contributed by atoms with Gasteiger partial charge in [-0.1, -0.05) is 23.2 Å². The summed E-state index contributed by atoms with van der Waals surface area (Å²) in [6.45, 7) is -2.05. The summed E-state index contributed by atoms with van der Waals surface area (Å²) in [6, 6.07) is 3.72. The summed E-state index contributed by atoms with van der Waals surface area (Å²) >= 11 is 11.4. The standard InChI is InChI=1S/C10H11Cl2F2NO3S/c11-7-1-2-8(12)9(5-7)19(17,18)15(3-4-16)6-10(13)14/h1-2,5,10,16H,3-4,6H2. The Morgan fingerprint density at radius 3 is 2.47 bits per heavy atom. The van der Waals surface area contributed by atoms with E-state index in [-0.39, 0.29) is 14.9 Å². The fourth-order valence-corrected chi connectivity index (χ4v) is 3.54. The SMILES string of the molecule is O=S(=O)(c1cc(Cl)ccc1Cl)N(CCO)CC(F)F. The third-order valence-electron chi connectivity index (χ3n) is 2.20. The van der Waals surface area contributed by atoms with Gasteiger partial charge in [-0.2, -0.15) is 4.31 Å². The number of hydrogen-bond acceptors (Lipinski definition) is 3. The second-order valence-electron chi connectivity index (χ2n) is 3.55. The number of alkyl halides is 2. The van der Waals surface area contributed by atoms with Crippen molar-refractivity contribution >= 4 is 33.2 Å². The van der Waals surface area contributed by atoms with Crippen molar-refractivity contribution in [2.24, 2.45) is 0 Å². The maximum atomic E-state index is 12.4. The largest absolute Gasteiger partial charge is 0.395 e. The Labute approximate surface area is 119 Å². The fourth-order valence-electron chi connectivity index (χ4n) is 1.39. The lowest BCUT2D eigenvalue weighted by Gasteiger charge is -2.21. The average Bonchev–Trinajstić information content (AvgIpc) is 2.31. The minimum Gasteiger partial charge on any atom is -0.395 e. The molecule has 0 aliphatic rings. The van der Waals surface area contributed by atoms with E-state index in [0.29, 0.717) is 4.31 Å². The smallest absolute Gasteiger partial charge is 0.252 e. The van der Waals surface area contributed by atoms with Crippen LogP contribution >= 0.6 is 23.2 Å². The van der Waals surface area contributed by atoms with Crippen LogP contribution < -0.4 is 0 Å². The van der Waals surface area contributed by atoms with E-state index in [0.717, 1.165) is 6.07 Å². The summed E-state index contributed by atoms with van der Waals surface area (Å²) in [5.41, 5.74) is 0. The van der Waals surface area contributed by atoms with E-state index in [1.807, 2.05) is 0 Å². The average molecular weight is 334 g/mol. The molecule has 0 radical (unpaired) electrons. The van der Waals surface area contributed by atoms with Crippen molar-refractivity contribution in [3.8, 4) is 0 Å². The summed E-state index contributed by atoms with van der Waals surface area (Å²) in [5, 5.41) is 8.76. The molecule has 0 amide bonds. The lowest BCUT2D eigenvalue weighted by molar-refractivity contribution is 0.113. The molecule has 108 valence electrons. The van der Waals surface area contributed by atoms with Crippen LogP contribution in [0.15, 0.2) is 23.1 Å². The topological polar surface area (TPSA) is 57.6 Å². The van der Waals surface area contributed by atoms with Gasteiger partial charge in [0.25, 0.3) is 6.43 Å². The van der Waals surface area contributed by atoms with Crippen LogP contribution in [0, 0.1) is 0 Å². The van der Waals surface area contributed by atoms with Gasteiger partial charge in [0.1, 0.15) is 4.90 Å². The molecular weight excluding hydrogens is 323 g/mol. The van der Waals surface area contributed by atoms with Crippen LogP contribution in [0.3, 0.4) is 0 Å². The van der Waals surface area contributed by atoms with Crippen LogP contribution in [-0.4, -0.2) is 44.0 Å². The number of sulfonamides is 1. The highest BCUT2D eigenvalue weighted by atomic mass is 35.5. The molecule has 0 aromatic heterocycles. The van der Waals surface area contributed by atoms with Crippen LogP contribution in [-0.2, 0) is 10.0 Å². The number of aliphatic hydroxyl groups excluding tert-OH is 1. The fraction of sp³-hybridized carbons (Fsp3) is 0.400. The van der Waals surface area contributed by atoms with Crippen LogP contribution in [0.1, 0.15) is 0 Å². The minimum atomic E-state index is -4.23. The molecule has 0 unspecified atom stereocenters. The van der Waals surface area contributed by atoms with Crippen molar-refractivity contribution in [1.29, 1.82) is 0 Å². The highest BCUT2D eigenvalue weighted by Gasteiger charge is 2.28. The lowest BCUT2D eigenvalue weighted by Crippen LogP contribution is -2.37. The van der Waals surface area contributed by atoms with Gasteiger partial charge in [-0.3, -0.25) is 0 Å². The van der Waals surface area contributed by atoms with Crippen molar-refractivity contribution in [3.63, 3.8) is 0 Å². The molecule has 1 aromatic rings. The summed E-state index contributed by atoms with van der Waals surface area (Å²) in [6.07, 6.45) is -2.86. The Bertz CT molecular complexity index is 540. The predicted molar refractivity (Wildman–Crippen MR) is 68.3 cm³/mol. The Kier molecular flexibility index (Phi) is 5.94. The number of hydrogen-bond donors (Lipinski definition) is 1. The lowest BCUT2D eigenvalue weighted by atomic mass is 10.4. The molecule has 4 nitrogen and oxygen atoms in total. The second kappa shape index (κ2) is 6.81. The zero-order valence-electron chi connectivity index (χ0n) is 9.56. The number of halogens is 4. The highest BCUT2D eigenvalue weighted by molar-refractivity contribution is 7.89. The van der Waals surface area contributed by atoms with E-state index in [1.165, 1.54) is 12.1 Å². The Hall–Kier alpha value is -0.470. The summed E-state index contributed by atoms with van der Waals surface area (Å²) in [5.74, 6) is 0. The monoisotopic (exact) mass is 333 g/mol. The molecule has 0 bridgehead atoms. The van der Waals surface area contributed by atoms with Crippen molar-refractivity contribution in [1.82, 2.24) is 4.31 Å². The minimum absolute atomic E-state index is 0.115. The first kappa shape index (κ1) is 16.6. The van der Waals surface area contributed by atoms with Crippen LogP contribution in [0.2, 0.25) is 10.0 Å². The van der Waals surface area contributed by atoms with Gasteiger partial charge in [0, 0.05) is 11.6 Å². The summed E-state index contributed by atoms with van der Waals surface area (Å²) in [7, 11) is -4.23. The Morgan fingerprint density at radius 1 is 1.32 bits per heavy atom. The van der Waals surface area contributed by atoms with Crippen molar-refractivity contribution < 1.29 is 22.3 Å². The maximum absolute atomic E-state index is 12.4. The van der Waals surface area contributed by atoms with Crippen molar-refractivity contribution in [3.05, 3.63) is 28.2 Å². The molecule has 9 heteroatoms. The number of aliphatic hydroxyl groups is 1. The van der Waals surface area contributed by atoms with Gasteiger partial charge in [0.05, 0.1) is 18.2 Å². The van der Waals surface area contributed by atoms with Gasteiger partial charge < -0.3 is 5.11 Å². The molecule has 0 saturated heterocycles. The van der Waals surface area contributed by atoms with Gasteiger partial charge in [0.2, 0.25) is 10.0 Å². The Morgan fingerprint density at radius 2 is 1.95 bits per heavy atom. The van der Waals surface area contributed by atoms with Crippen molar-refractivity contribution in [2.75, 3.05) is 19.7 Å². The molecule has 0 aliphatic carbocycles. The van der Waals surface area contributed by atoms with E-state index in [9.17, 15) is 17.2 Å². The number of benzene rings is 1. The number of nitrogens with zero attached hydrogens (tertiary/aromatic N) is 1. The molecule has 1 N–H and O–H groups in total. The predicted octanol–water partition coefficient (Wildman–Crippen LogP) is 2.24. The zero-order chi connectivity index (χ0) is 14.6. The van der Waals surface area contributed by atoms with Gasteiger partial charge in [-0.15, -0.1) is 0 Å². The first-order valence-corrected chi connectivity index (χ1v) is 7.33. The third kappa shape index (κ3) is 4.25. The zero-order valence-corrected chi connectivity index (χ0v) is 11.9. The van der Waals surface area contributed by atoms with E-state index >= 15 is 0 Å². The molecule has 0 fully saturated rings. The third-order valence-corrected chi connectivity index (χ3v) is 4.78. The Balaban J connectivity index is 3.22. The van der Waals surface area contributed by atoms with Crippen molar-refractivity contribution in [2.45, 2.75) is 11.3 Å². The molecule has 0 spiro atoms. The first-order chi connectivity index (χ1) is 8.78. The second-order valence-corrected chi connectivity index (χ2v) is 6.30. The van der Waals surface area contributed by atoms with Gasteiger partial charge >= 0.3 is 0 Å².